The van der Waals surface area contributed by atoms with Crippen molar-refractivity contribution in [2.24, 2.45) is 17.6 Å². The third kappa shape index (κ3) is 13.8. The van der Waals surface area contributed by atoms with Crippen LogP contribution in [0.2, 0.25) is 0 Å². The maximum absolute atomic E-state index is 12.6. The normalized spacial score (nSPS) is 14.7. The van der Waals surface area contributed by atoms with Gasteiger partial charge in [-0.05, 0) is 56.2 Å². The minimum absolute atomic E-state index is 0.0694. The van der Waals surface area contributed by atoms with E-state index in [0.717, 1.165) is 25.7 Å². The number of hydrogen-bond donors (Lipinski definition) is 1. The van der Waals surface area contributed by atoms with E-state index in [1.165, 1.54) is 12.1 Å². The summed E-state index contributed by atoms with van der Waals surface area (Å²) in [6.07, 6.45) is 1.90. The van der Waals surface area contributed by atoms with Gasteiger partial charge in [0, 0.05) is 12.8 Å². The van der Waals surface area contributed by atoms with Crippen LogP contribution >= 0.6 is 0 Å². The lowest BCUT2D eigenvalue weighted by Crippen LogP contribution is -2.37. The second kappa shape index (κ2) is 18.3. The Kier molecular flexibility index (Phi) is 15.9. The average molecular weight is 566 g/mol. The number of rotatable bonds is 17. The number of nitrogens with two attached hydrogens (primary N) is 1. The van der Waals surface area contributed by atoms with E-state index in [2.05, 4.69) is 0 Å². The van der Waals surface area contributed by atoms with Crippen molar-refractivity contribution in [2.75, 3.05) is 6.61 Å². The summed E-state index contributed by atoms with van der Waals surface area (Å²) in [5, 5.41) is 0. The first kappa shape index (κ1) is 34.9. The van der Waals surface area contributed by atoms with Crippen LogP contribution < -0.4 is 15.2 Å². The van der Waals surface area contributed by atoms with Crippen molar-refractivity contribution in [1.82, 2.24) is 0 Å². The lowest BCUT2D eigenvalue weighted by atomic mass is 10.0. The monoisotopic (exact) mass is 565 g/mol. The molecular weight excluding hydrogens is 518 g/mol. The molecule has 0 bridgehead atoms. The van der Waals surface area contributed by atoms with Crippen molar-refractivity contribution in [2.45, 2.75) is 112 Å². The van der Waals surface area contributed by atoms with Gasteiger partial charge in [0.25, 0.3) is 0 Å². The summed E-state index contributed by atoms with van der Waals surface area (Å²) in [5.41, 5.74) is 6.66. The zero-order valence-electron chi connectivity index (χ0n) is 25.0. The predicted octanol–water partition coefficient (Wildman–Crippen LogP) is 5.51. The molecule has 10 nitrogen and oxygen atoms in total. The molecule has 0 aliphatic heterocycles. The van der Waals surface area contributed by atoms with Gasteiger partial charge in [-0.15, -0.1) is 0 Å². The lowest BCUT2D eigenvalue weighted by molar-refractivity contribution is -0.152. The van der Waals surface area contributed by atoms with Crippen molar-refractivity contribution in [3.63, 3.8) is 0 Å². The van der Waals surface area contributed by atoms with Gasteiger partial charge < -0.3 is 29.4 Å². The van der Waals surface area contributed by atoms with Crippen molar-refractivity contribution in [3.05, 3.63) is 23.8 Å². The molecule has 0 amide bonds. The molecule has 0 aliphatic carbocycles. The zero-order valence-corrected chi connectivity index (χ0v) is 25.0. The third-order valence-electron chi connectivity index (χ3n) is 6.38. The molecule has 0 heterocycles. The Balaban J connectivity index is 2.85. The van der Waals surface area contributed by atoms with Crippen molar-refractivity contribution >= 4 is 24.1 Å². The molecule has 2 N–H and O–H groups in total. The molecule has 226 valence electrons. The van der Waals surface area contributed by atoms with Gasteiger partial charge in [-0.2, -0.15) is 0 Å². The topological polar surface area (TPSA) is 140 Å². The Hall–Kier alpha value is -3.14. The minimum Gasteiger partial charge on any atom is -0.458 e. The molecule has 0 aliphatic rings. The number of hydrogen-bond acceptors (Lipinski definition) is 10. The number of esters is 3. The zero-order chi connectivity index (χ0) is 30.2. The Morgan fingerprint density at radius 1 is 0.800 bits per heavy atom. The van der Waals surface area contributed by atoms with E-state index in [-0.39, 0.29) is 55.3 Å². The molecular formula is C30H47NO9. The molecule has 0 saturated heterocycles. The van der Waals surface area contributed by atoms with Crippen LogP contribution in [0.4, 0.5) is 4.79 Å². The molecule has 0 saturated carbocycles. The first-order valence-corrected chi connectivity index (χ1v) is 14.2. The SMILES string of the molecule is CCCC(C)OC(=O)OC[C@H](C)OC(=O)[C@@H](N)Cc1ccc(OC(=O)CC(C)CC)c(OC(=O)CC(C)CC)c1. The van der Waals surface area contributed by atoms with E-state index >= 15 is 0 Å². The van der Waals surface area contributed by atoms with E-state index in [9.17, 15) is 19.2 Å². The van der Waals surface area contributed by atoms with Gasteiger partial charge in [-0.25, -0.2) is 4.79 Å². The largest absolute Gasteiger partial charge is 0.508 e. The van der Waals surface area contributed by atoms with Crippen LogP contribution in [0.15, 0.2) is 18.2 Å². The molecule has 5 atom stereocenters. The van der Waals surface area contributed by atoms with E-state index in [1.807, 2.05) is 34.6 Å². The Labute approximate surface area is 238 Å². The van der Waals surface area contributed by atoms with Crippen LogP contribution in [0.5, 0.6) is 11.5 Å². The molecule has 0 aromatic heterocycles. The fourth-order valence-electron chi connectivity index (χ4n) is 3.54. The first-order valence-electron chi connectivity index (χ1n) is 14.2. The summed E-state index contributed by atoms with van der Waals surface area (Å²) in [4.78, 5) is 49.2. The molecule has 10 heteroatoms. The third-order valence-corrected chi connectivity index (χ3v) is 6.38. The van der Waals surface area contributed by atoms with E-state index < -0.39 is 36.2 Å². The number of carbonyl (C=O) groups excluding carboxylic acids is 4. The first-order chi connectivity index (χ1) is 18.9. The smallest absolute Gasteiger partial charge is 0.458 e. The highest BCUT2D eigenvalue weighted by Crippen LogP contribution is 2.30. The molecule has 1 aromatic carbocycles. The van der Waals surface area contributed by atoms with Crippen molar-refractivity contribution in [1.29, 1.82) is 0 Å². The molecule has 0 spiro atoms. The molecule has 0 fully saturated rings. The van der Waals surface area contributed by atoms with Crippen LogP contribution in [0.1, 0.15) is 92.6 Å². The van der Waals surface area contributed by atoms with Crippen LogP contribution in [0, 0.1) is 11.8 Å². The minimum atomic E-state index is -1.04. The van der Waals surface area contributed by atoms with Gasteiger partial charge in [0.2, 0.25) is 0 Å². The summed E-state index contributed by atoms with van der Waals surface area (Å²) in [7, 11) is 0. The average Bonchev–Trinajstić information content (AvgIpc) is 2.88. The standard InChI is InChI=1S/C30H47NO9/c1-8-11-21(6)38-30(35)36-18-22(7)37-29(34)24(31)16-23-12-13-25(39-27(32)14-19(4)9-2)26(17-23)40-28(33)15-20(5)10-3/h12-13,17,19-22,24H,8-11,14-16,18,31H2,1-7H3/t19?,20?,21?,22-,24-/m0/s1. The molecule has 1 rings (SSSR count). The summed E-state index contributed by atoms with van der Waals surface area (Å²) < 4.78 is 26.5. The lowest BCUT2D eigenvalue weighted by Gasteiger charge is -2.18. The number of ether oxygens (including phenoxy) is 5. The van der Waals surface area contributed by atoms with Crippen LogP contribution in [-0.2, 0) is 35.0 Å². The second-order valence-corrected chi connectivity index (χ2v) is 10.5. The summed E-state index contributed by atoms with van der Waals surface area (Å²) in [6, 6.07) is 3.66. The molecule has 3 unspecified atom stereocenters. The summed E-state index contributed by atoms with van der Waals surface area (Å²) in [5.74, 6) is -1.09. The van der Waals surface area contributed by atoms with Crippen LogP contribution in [-0.4, -0.2) is 48.9 Å². The molecule has 0 radical (unpaired) electrons. The van der Waals surface area contributed by atoms with Gasteiger partial charge in [0.15, 0.2) is 11.5 Å². The Bertz CT molecular complexity index is 964. The van der Waals surface area contributed by atoms with E-state index in [1.54, 1.807) is 19.9 Å². The highest BCUT2D eigenvalue weighted by Gasteiger charge is 2.22. The predicted molar refractivity (Wildman–Crippen MR) is 150 cm³/mol. The number of carbonyl (C=O) groups is 4. The number of benzene rings is 1. The fourth-order valence-corrected chi connectivity index (χ4v) is 3.54. The summed E-state index contributed by atoms with van der Waals surface area (Å²) >= 11 is 0. The van der Waals surface area contributed by atoms with E-state index in [4.69, 9.17) is 29.4 Å². The van der Waals surface area contributed by atoms with Gasteiger partial charge in [0.1, 0.15) is 24.9 Å². The van der Waals surface area contributed by atoms with E-state index in [0.29, 0.717) is 5.56 Å². The van der Waals surface area contributed by atoms with Gasteiger partial charge in [0.05, 0.1) is 0 Å². The van der Waals surface area contributed by atoms with Gasteiger partial charge in [-0.1, -0.05) is 59.9 Å². The molecule has 1 aromatic rings. The Morgan fingerprint density at radius 2 is 1.38 bits per heavy atom. The quantitative estimate of drug-likeness (QED) is 0.190. The fraction of sp³-hybridized carbons (Fsp3) is 0.667. The maximum Gasteiger partial charge on any atom is 0.508 e. The van der Waals surface area contributed by atoms with Crippen molar-refractivity contribution in [3.8, 4) is 11.5 Å². The summed E-state index contributed by atoms with van der Waals surface area (Å²) in [6.45, 7) is 13.0. The van der Waals surface area contributed by atoms with Crippen LogP contribution in [0.3, 0.4) is 0 Å². The second-order valence-electron chi connectivity index (χ2n) is 10.5. The highest BCUT2D eigenvalue weighted by atomic mass is 16.7. The maximum atomic E-state index is 12.6. The molecule has 40 heavy (non-hydrogen) atoms. The van der Waals surface area contributed by atoms with Crippen molar-refractivity contribution < 1.29 is 42.9 Å². The van der Waals surface area contributed by atoms with Crippen LogP contribution in [0.25, 0.3) is 0 Å². The van der Waals surface area contributed by atoms with Gasteiger partial charge in [-0.3, -0.25) is 14.4 Å². The van der Waals surface area contributed by atoms with Gasteiger partial charge >= 0.3 is 24.1 Å². The Morgan fingerprint density at radius 3 is 1.93 bits per heavy atom. The highest BCUT2D eigenvalue weighted by molar-refractivity contribution is 5.77.